The number of carbonyl (C=O) groups excluding carboxylic acids is 2. The number of hydrogen-bond acceptors (Lipinski definition) is 4. The van der Waals surface area contributed by atoms with E-state index >= 15 is 0 Å². The normalized spacial score (nSPS) is 15.5. The number of para-hydroxylation sites is 1. The summed E-state index contributed by atoms with van der Waals surface area (Å²) in [5, 5.41) is 4.44. The molecule has 8 nitrogen and oxygen atoms in total. The average Bonchev–Trinajstić information content (AvgIpc) is 3.07. The second-order valence-electron chi connectivity index (χ2n) is 6.99. The topological polar surface area (TPSA) is 96.4 Å². The molecule has 4 rings (SSSR count). The van der Waals surface area contributed by atoms with Gasteiger partial charge in [-0.25, -0.2) is 14.1 Å². The van der Waals surface area contributed by atoms with E-state index in [9.17, 15) is 18.8 Å². The monoisotopic (exact) mass is 444 g/mol. The van der Waals surface area contributed by atoms with Crippen LogP contribution in [0.4, 0.5) is 4.39 Å². The summed E-state index contributed by atoms with van der Waals surface area (Å²) in [6.45, 7) is 1.26. The lowest BCUT2D eigenvalue weighted by atomic mass is 10.0. The third kappa shape index (κ3) is 4.04. The fourth-order valence-corrected chi connectivity index (χ4v) is 3.67. The summed E-state index contributed by atoms with van der Waals surface area (Å²) < 4.78 is 19.5. The van der Waals surface area contributed by atoms with Crippen molar-refractivity contribution in [3.8, 4) is 11.4 Å². The Labute approximate surface area is 181 Å². The van der Waals surface area contributed by atoms with Crippen LogP contribution in [0.5, 0.6) is 5.75 Å². The van der Waals surface area contributed by atoms with E-state index in [2.05, 4.69) is 10.5 Å². The van der Waals surface area contributed by atoms with Crippen molar-refractivity contribution in [2.75, 3.05) is 6.61 Å². The van der Waals surface area contributed by atoms with Gasteiger partial charge in [0.1, 0.15) is 11.6 Å². The number of benzene rings is 2. The van der Waals surface area contributed by atoms with Crippen LogP contribution in [0.3, 0.4) is 0 Å². The first-order chi connectivity index (χ1) is 14.8. The molecule has 1 atom stereocenters. The Morgan fingerprint density at radius 2 is 1.94 bits per heavy atom. The molecule has 1 aromatic heterocycles. The smallest absolute Gasteiger partial charge is 0.276 e. The average molecular weight is 445 g/mol. The molecule has 0 fully saturated rings. The van der Waals surface area contributed by atoms with Gasteiger partial charge in [-0.3, -0.25) is 24.9 Å². The number of ether oxygens (including phenoxy) is 1. The van der Waals surface area contributed by atoms with Gasteiger partial charge >= 0.3 is 0 Å². The molecule has 2 amide bonds. The van der Waals surface area contributed by atoms with Crippen LogP contribution in [0.1, 0.15) is 24.2 Å². The molecule has 1 aliphatic heterocycles. The molecule has 2 heterocycles. The van der Waals surface area contributed by atoms with Crippen LogP contribution in [-0.4, -0.2) is 33.2 Å². The molecule has 1 aliphatic rings. The lowest BCUT2D eigenvalue weighted by molar-refractivity contribution is -0.145. The number of hydrogen-bond donors (Lipinski definition) is 2. The van der Waals surface area contributed by atoms with Crippen LogP contribution in [0.25, 0.3) is 5.69 Å². The predicted octanol–water partition coefficient (Wildman–Crippen LogP) is 2.51. The fourth-order valence-electron chi connectivity index (χ4n) is 3.45. The molecular weight excluding hydrogens is 427 g/mol. The van der Waals surface area contributed by atoms with Crippen molar-refractivity contribution in [2.45, 2.75) is 19.4 Å². The van der Waals surface area contributed by atoms with Crippen LogP contribution in [0, 0.1) is 5.82 Å². The first-order valence-electron chi connectivity index (χ1n) is 9.43. The molecule has 2 aromatic carbocycles. The van der Waals surface area contributed by atoms with Crippen LogP contribution < -0.4 is 15.7 Å². The van der Waals surface area contributed by atoms with E-state index < -0.39 is 17.8 Å². The van der Waals surface area contributed by atoms with Gasteiger partial charge in [0.15, 0.2) is 6.61 Å². The zero-order chi connectivity index (χ0) is 22.1. The summed E-state index contributed by atoms with van der Waals surface area (Å²) in [5.74, 6) is -1.09. The van der Waals surface area contributed by atoms with Gasteiger partial charge in [-0.15, -0.1) is 0 Å². The van der Waals surface area contributed by atoms with Crippen LogP contribution in [0.2, 0.25) is 5.02 Å². The highest BCUT2D eigenvalue weighted by Crippen LogP contribution is 2.27. The second kappa shape index (κ2) is 8.27. The number of nitrogens with zero attached hydrogens (tertiary/aromatic N) is 2. The van der Waals surface area contributed by atoms with Crippen molar-refractivity contribution in [1.29, 1.82) is 0 Å². The van der Waals surface area contributed by atoms with Gasteiger partial charge in [-0.2, -0.15) is 0 Å². The number of carbonyl (C=O) groups is 2. The Kier molecular flexibility index (Phi) is 5.51. The van der Waals surface area contributed by atoms with Gasteiger partial charge in [0, 0.05) is 0 Å². The Morgan fingerprint density at radius 1 is 1.23 bits per heavy atom. The molecule has 0 spiro atoms. The van der Waals surface area contributed by atoms with Crippen molar-refractivity contribution in [3.63, 3.8) is 0 Å². The number of nitrogens with one attached hydrogen (secondary N) is 2. The van der Waals surface area contributed by atoms with Crippen molar-refractivity contribution in [1.82, 2.24) is 20.2 Å². The number of amides is 2. The Balaban J connectivity index is 1.51. The van der Waals surface area contributed by atoms with Crippen molar-refractivity contribution >= 4 is 23.4 Å². The van der Waals surface area contributed by atoms with Crippen LogP contribution in [0.15, 0.2) is 53.3 Å². The quantitative estimate of drug-likeness (QED) is 0.632. The zero-order valence-electron chi connectivity index (χ0n) is 16.4. The van der Waals surface area contributed by atoms with Crippen molar-refractivity contribution in [2.24, 2.45) is 0 Å². The number of hydrazine groups is 1. The summed E-state index contributed by atoms with van der Waals surface area (Å²) in [5.41, 5.74) is 3.42. The fraction of sp³-hybridized carbons (Fsp3) is 0.190. The first-order valence-corrected chi connectivity index (χ1v) is 9.81. The highest BCUT2D eigenvalue weighted by atomic mass is 35.5. The highest BCUT2D eigenvalue weighted by Gasteiger charge is 2.35. The van der Waals surface area contributed by atoms with Crippen molar-refractivity contribution < 1.29 is 18.7 Å². The van der Waals surface area contributed by atoms with Crippen LogP contribution >= 0.6 is 11.6 Å². The lowest BCUT2D eigenvalue weighted by Crippen LogP contribution is -2.52. The molecule has 31 heavy (non-hydrogen) atoms. The van der Waals surface area contributed by atoms with Gasteiger partial charge in [0.25, 0.3) is 11.5 Å². The number of halogens is 2. The molecule has 1 unspecified atom stereocenters. The largest absolute Gasteiger partial charge is 0.484 e. The number of aromatic amines is 1. The molecule has 0 aliphatic carbocycles. The van der Waals surface area contributed by atoms with E-state index in [1.54, 1.807) is 31.2 Å². The second-order valence-corrected chi connectivity index (χ2v) is 7.40. The molecule has 0 radical (unpaired) electrons. The van der Waals surface area contributed by atoms with Gasteiger partial charge in [0.2, 0.25) is 5.91 Å². The third-order valence-electron chi connectivity index (χ3n) is 4.93. The maximum absolute atomic E-state index is 13.0. The molecule has 3 aromatic rings. The summed E-state index contributed by atoms with van der Waals surface area (Å²) in [6, 6.07) is 11.3. The number of H-pyrrole nitrogens is 1. The standard InChI is InChI=1S/C21H18ClFN4O4/c1-12-20-16(24-27(21(20)30)17-5-3-2-4-15(17)22)10-19(29)26(12)25-18(28)11-31-14-8-6-13(23)7-9-14/h2-9,12,24H,10-11H2,1H3,(H,25,28). The van der Waals surface area contributed by atoms with E-state index in [1.165, 1.54) is 28.9 Å². The summed E-state index contributed by atoms with van der Waals surface area (Å²) in [4.78, 5) is 37.9. The lowest BCUT2D eigenvalue weighted by Gasteiger charge is -2.32. The Bertz CT molecular complexity index is 1200. The minimum atomic E-state index is -0.710. The molecule has 160 valence electrons. The van der Waals surface area contributed by atoms with E-state index in [0.717, 1.165) is 5.01 Å². The molecule has 2 N–H and O–H groups in total. The minimum Gasteiger partial charge on any atom is -0.484 e. The van der Waals surface area contributed by atoms with Gasteiger partial charge in [0.05, 0.1) is 34.4 Å². The Morgan fingerprint density at radius 3 is 2.65 bits per heavy atom. The SMILES string of the molecule is CC1c2c([nH]n(-c3ccccc3Cl)c2=O)CC(=O)N1NC(=O)COc1ccc(F)cc1. The van der Waals surface area contributed by atoms with Gasteiger partial charge < -0.3 is 4.74 Å². The minimum absolute atomic E-state index is 0.0918. The van der Waals surface area contributed by atoms with E-state index in [0.29, 0.717) is 27.7 Å². The third-order valence-corrected chi connectivity index (χ3v) is 5.25. The molecule has 0 saturated carbocycles. The first kappa shape index (κ1) is 20.7. The number of rotatable bonds is 5. The summed E-state index contributed by atoms with van der Waals surface area (Å²) >= 11 is 6.20. The van der Waals surface area contributed by atoms with Gasteiger partial charge in [-0.1, -0.05) is 23.7 Å². The Hall–Kier alpha value is -3.59. The highest BCUT2D eigenvalue weighted by molar-refractivity contribution is 6.32. The molecular formula is C21H18ClFN4O4. The van der Waals surface area contributed by atoms with Crippen LogP contribution in [-0.2, 0) is 16.0 Å². The maximum atomic E-state index is 13.0. The van der Waals surface area contributed by atoms with E-state index in [4.69, 9.17) is 16.3 Å². The van der Waals surface area contributed by atoms with Crippen molar-refractivity contribution in [3.05, 3.63) is 81.0 Å². The molecule has 0 bridgehead atoms. The van der Waals surface area contributed by atoms with E-state index in [-0.39, 0.29) is 24.5 Å². The molecule has 10 heteroatoms. The number of aromatic nitrogens is 2. The number of fused-ring (bicyclic) bond motifs is 1. The van der Waals surface area contributed by atoms with Gasteiger partial charge in [-0.05, 0) is 43.3 Å². The summed E-state index contributed by atoms with van der Waals surface area (Å²) in [7, 11) is 0. The van der Waals surface area contributed by atoms with E-state index in [1.807, 2.05) is 0 Å². The maximum Gasteiger partial charge on any atom is 0.276 e. The molecule has 0 saturated heterocycles. The predicted molar refractivity (Wildman–Crippen MR) is 110 cm³/mol. The zero-order valence-corrected chi connectivity index (χ0v) is 17.1. The summed E-state index contributed by atoms with van der Waals surface area (Å²) in [6.07, 6.45) is -0.0918.